The van der Waals surface area contributed by atoms with Crippen LogP contribution in [-0.4, -0.2) is 23.4 Å². The van der Waals surface area contributed by atoms with E-state index in [9.17, 15) is 0 Å². The molecule has 0 aromatic carbocycles. The second kappa shape index (κ2) is 5.06. The van der Waals surface area contributed by atoms with Crippen molar-refractivity contribution in [2.24, 2.45) is 5.92 Å². The highest BCUT2D eigenvalue weighted by Crippen LogP contribution is 2.43. The maximum atomic E-state index is 5.72. The van der Waals surface area contributed by atoms with Crippen LogP contribution in [0.2, 0.25) is 0 Å². The first-order valence-electron chi connectivity index (χ1n) is 7.84. The van der Waals surface area contributed by atoms with Crippen molar-refractivity contribution in [3.05, 3.63) is 41.1 Å². The van der Waals surface area contributed by atoms with Gasteiger partial charge >= 0.3 is 0 Å². The van der Waals surface area contributed by atoms with Crippen LogP contribution in [0.15, 0.2) is 22.9 Å². The SMILES string of the molecule is COC(C1=CCc2cc(-c3c(C)noc3C)cnc21)C1CC1. The Balaban J connectivity index is 1.70. The van der Waals surface area contributed by atoms with E-state index in [1.807, 2.05) is 20.0 Å². The van der Waals surface area contributed by atoms with Gasteiger partial charge in [0.25, 0.3) is 0 Å². The molecule has 2 aliphatic carbocycles. The van der Waals surface area contributed by atoms with E-state index in [0.29, 0.717) is 5.92 Å². The third-order valence-electron chi connectivity index (χ3n) is 4.71. The number of methoxy groups -OCH3 is 1. The van der Waals surface area contributed by atoms with Gasteiger partial charge in [-0.15, -0.1) is 0 Å². The van der Waals surface area contributed by atoms with Crippen molar-refractivity contribution >= 4 is 5.57 Å². The number of aromatic nitrogens is 2. The molecule has 2 aliphatic rings. The quantitative estimate of drug-likeness (QED) is 0.862. The van der Waals surface area contributed by atoms with E-state index in [2.05, 4.69) is 17.3 Å². The van der Waals surface area contributed by atoms with Crippen LogP contribution in [0, 0.1) is 19.8 Å². The van der Waals surface area contributed by atoms with Crippen LogP contribution in [0.4, 0.5) is 0 Å². The molecule has 114 valence electrons. The molecule has 1 saturated carbocycles. The largest absolute Gasteiger partial charge is 0.376 e. The van der Waals surface area contributed by atoms with Crippen LogP contribution < -0.4 is 0 Å². The Labute approximate surface area is 130 Å². The van der Waals surface area contributed by atoms with E-state index in [-0.39, 0.29) is 6.10 Å². The molecule has 4 heteroatoms. The third kappa shape index (κ3) is 2.10. The summed E-state index contributed by atoms with van der Waals surface area (Å²) in [4.78, 5) is 4.74. The molecule has 1 fully saturated rings. The molecule has 0 aliphatic heterocycles. The molecular formula is C18H20N2O2. The first kappa shape index (κ1) is 13.7. The Morgan fingerprint density at radius 1 is 1.32 bits per heavy atom. The number of aryl methyl sites for hydroxylation is 2. The van der Waals surface area contributed by atoms with E-state index in [0.717, 1.165) is 34.7 Å². The van der Waals surface area contributed by atoms with Crippen molar-refractivity contribution in [2.75, 3.05) is 7.11 Å². The van der Waals surface area contributed by atoms with Crippen LogP contribution in [0.1, 0.15) is 35.6 Å². The van der Waals surface area contributed by atoms with Gasteiger partial charge in [-0.2, -0.15) is 0 Å². The van der Waals surface area contributed by atoms with Crippen molar-refractivity contribution in [1.29, 1.82) is 0 Å². The number of rotatable bonds is 4. The maximum Gasteiger partial charge on any atom is 0.141 e. The first-order valence-corrected chi connectivity index (χ1v) is 7.84. The van der Waals surface area contributed by atoms with Gasteiger partial charge in [0.1, 0.15) is 5.76 Å². The Bertz CT molecular complexity index is 737. The molecule has 2 heterocycles. The van der Waals surface area contributed by atoms with Crippen LogP contribution in [0.5, 0.6) is 0 Å². The molecule has 0 amide bonds. The minimum atomic E-state index is 0.207. The molecule has 1 atom stereocenters. The van der Waals surface area contributed by atoms with Gasteiger partial charge in [-0.1, -0.05) is 11.2 Å². The van der Waals surface area contributed by atoms with E-state index in [4.69, 9.17) is 14.2 Å². The molecule has 0 radical (unpaired) electrons. The van der Waals surface area contributed by atoms with Gasteiger partial charge in [0.15, 0.2) is 0 Å². The zero-order valence-electron chi connectivity index (χ0n) is 13.2. The van der Waals surface area contributed by atoms with Crippen LogP contribution in [-0.2, 0) is 11.2 Å². The zero-order chi connectivity index (χ0) is 15.3. The molecule has 1 unspecified atom stereocenters. The van der Waals surface area contributed by atoms with Crippen LogP contribution in [0.3, 0.4) is 0 Å². The van der Waals surface area contributed by atoms with Gasteiger partial charge in [-0.25, -0.2) is 0 Å². The predicted octanol–water partition coefficient (Wildman–Crippen LogP) is 3.72. The van der Waals surface area contributed by atoms with Crippen molar-refractivity contribution in [3.63, 3.8) is 0 Å². The summed E-state index contributed by atoms with van der Waals surface area (Å²) in [6.07, 6.45) is 7.89. The fourth-order valence-corrected chi connectivity index (χ4v) is 3.50. The van der Waals surface area contributed by atoms with E-state index < -0.39 is 0 Å². The lowest BCUT2D eigenvalue weighted by Crippen LogP contribution is -2.15. The number of hydrogen-bond donors (Lipinski definition) is 0. The molecule has 22 heavy (non-hydrogen) atoms. The smallest absolute Gasteiger partial charge is 0.141 e. The summed E-state index contributed by atoms with van der Waals surface area (Å²) in [5.41, 5.74) is 6.72. The van der Waals surface area contributed by atoms with Gasteiger partial charge in [-0.05, 0) is 50.7 Å². The fraction of sp³-hybridized carbons (Fsp3) is 0.444. The molecule has 0 spiro atoms. The third-order valence-corrected chi connectivity index (χ3v) is 4.71. The average molecular weight is 296 g/mol. The number of nitrogens with zero attached hydrogens (tertiary/aromatic N) is 2. The number of pyridine rings is 1. The summed E-state index contributed by atoms with van der Waals surface area (Å²) in [6.45, 7) is 3.91. The van der Waals surface area contributed by atoms with Crippen LogP contribution >= 0.6 is 0 Å². The van der Waals surface area contributed by atoms with Gasteiger partial charge in [0.2, 0.25) is 0 Å². The van der Waals surface area contributed by atoms with Crippen molar-refractivity contribution in [1.82, 2.24) is 10.1 Å². The number of ether oxygens (including phenoxy) is 1. The Morgan fingerprint density at radius 2 is 2.14 bits per heavy atom. The highest BCUT2D eigenvalue weighted by atomic mass is 16.5. The van der Waals surface area contributed by atoms with Gasteiger partial charge in [-0.3, -0.25) is 4.98 Å². The van der Waals surface area contributed by atoms with E-state index in [1.165, 1.54) is 24.0 Å². The molecular weight excluding hydrogens is 276 g/mol. The normalized spacial score (nSPS) is 18.2. The Kier molecular flexibility index (Phi) is 3.15. The average Bonchev–Trinajstić information content (AvgIpc) is 3.18. The Hall–Kier alpha value is -1.94. The number of fused-ring (bicyclic) bond motifs is 1. The zero-order valence-corrected chi connectivity index (χ0v) is 13.2. The first-order chi connectivity index (χ1) is 10.7. The van der Waals surface area contributed by atoms with Crippen molar-refractivity contribution < 1.29 is 9.26 Å². The van der Waals surface area contributed by atoms with Gasteiger partial charge in [0.05, 0.1) is 17.5 Å². The molecule has 0 saturated heterocycles. The lowest BCUT2D eigenvalue weighted by Gasteiger charge is -2.17. The van der Waals surface area contributed by atoms with Crippen molar-refractivity contribution in [2.45, 2.75) is 39.2 Å². The molecule has 0 bridgehead atoms. The molecule has 4 nitrogen and oxygen atoms in total. The second-order valence-corrected chi connectivity index (χ2v) is 6.29. The summed E-state index contributed by atoms with van der Waals surface area (Å²) >= 11 is 0. The topological polar surface area (TPSA) is 48.2 Å². The molecule has 4 rings (SSSR count). The summed E-state index contributed by atoms with van der Waals surface area (Å²) < 4.78 is 11.0. The monoisotopic (exact) mass is 296 g/mol. The maximum absolute atomic E-state index is 5.72. The molecule has 2 aromatic rings. The highest BCUT2D eigenvalue weighted by Gasteiger charge is 2.36. The number of hydrogen-bond acceptors (Lipinski definition) is 4. The molecule has 0 N–H and O–H groups in total. The predicted molar refractivity (Wildman–Crippen MR) is 84.4 cm³/mol. The Morgan fingerprint density at radius 3 is 2.77 bits per heavy atom. The van der Waals surface area contributed by atoms with Gasteiger partial charge in [0, 0.05) is 30.0 Å². The summed E-state index contributed by atoms with van der Waals surface area (Å²) in [7, 11) is 1.81. The lowest BCUT2D eigenvalue weighted by atomic mass is 10.00. The molecule has 2 aromatic heterocycles. The number of allylic oxidation sites excluding steroid dienone is 1. The van der Waals surface area contributed by atoms with Crippen LogP contribution in [0.25, 0.3) is 16.7 Å². The second-order valence-electron chi connectivity index (χ2n) is 6.29. The standard InChI is InChI=1S/C18H20N2O2/c1-10-16(11(2)22-20-10)14-8-13-6-7-15(17(13)19-9-14)18(21-3)12-4-5-12/h7-9,12,18H,4-6H2,1-3H3. The fourth-order valence-electron chi connectivity index (χ4n) is 3.50. The minimum absolute atomic E-state index is 0.207. The van der Waals surface area contributed by atoms with Crippen molar-refractivity contribution in [3.8, 4) is 11.1 Å². The van der Waals surface area contributed by atoms with Gasteiger partial charge < -0.3 is 9.26 Å². The van der Waals surface area contributed by atoms with E-state index >= 15 is 0 Å². The van der Waals surface area contributed by atoms with E-state index in [1.54, 1.807) is 7.11 Å². The minimum Gasteiger partial charge on any atom is -0.376 e. The summed E-state index contributed by atoms with van der Waals surface area (Å²) in [6, 6.07) is 2.22. The summed E-state index contributed by atoms with van der Waals surface area (Å²) in [5, 5.41) is 4.04. The lowest BCUT2D eigenvalue weighted by molar-refractivity contribution is 0.131. The highest BCUT2D eigenvalue weighted by molar-refractivity contribution is 5.77. The summed E-state index contributed by atoms with van der Waals surface area (Å²) in [5.74, 6) is 1.52.